The first kappa shape index (κ1) is 13.8. The molecular formula is C13H18ClNO2. The van der Waals surface area contributed by atoms with E-state index in [0.29, 0.717) is 11.6 Å². The van der Waals surface area contributed by atoms with Crippen LogP contribution in [0.25, 0.3) is 0 Å². The molecule has 0 fully saturated rings. The van der Waals surface area contributed by atoms with E-state index in [4.69, 9.17) is 16.3 Å². The summed E-state index contributed by atoms with van der Waals surface area (Å²) >= 11 is 5.78. The predicted octanol–water partition coefficient (Wildman–Crippen LogP) is 3.41. The van der Waals surface area contributed by atoms with Crippen LogP contribution in [0.5, 0.6) is 0 Å². The molecule has 0 aliphatic heterocycles. The molecule has 4 heteroatoms. The van der Waals surface area contributed by atoms with Crippen LogP contribution in [0.1, 0.15) is 26.3 Å². The molecule has 0 bridgehead atoms. The zero-order valence-corrected chi connectivity index (χ0v) is 11.2. The smallest absolute Gasteiger partial charge is 0.407 e. The van der Waals surface area contributed by atoms with Gasteiger partial charge in [0.15, 0.2) is 0 Å². The Labute approximate surface area is 107 Å². The van der Waals surface area contributed by atoms with Gasteiger partial charge < -0.3 is 10.1 Å². The molecule has 1 aromatic rings. The number of ether oxygens (including phenoxy) is 1. The van der Waals surface area contributed by atoms with E-state index in [1.54, 1.807) is 0 Å². The van der Waals surface area contributed by atoms with Gasteiger partial charge in [-0.2, -0.15) is 0 Å². The Morgan fingerprint density at radius 1 is 1.29 bits per heavy atom. The quantitative estimate of drug-likeness (QED) is 0.899. The zero-order valence-electron chi connectivity index (χ0n) is 10.4. The molecule has 0 unspecified atom stereocenters. The molecule has 1 N–H and O–H groups in total. The van der Waals surface area contributed by atoms with Crippen molar-refractivity contribution >= 4 is 17.7 Å². The van der Waals surface area contributed by atoms with Gasteiger partial charge in [0.1, 0.15) is 5.60 Å². The maximum absolute atomic E-state index is 11.3. The summed E-state index contributed by atoms with van der Waals surface area (Å²) in [4.78, 5) is 11.3. The fraction of sp³-hybridized carbons (Fsp3) is 0.462. The number of benzene rings is 1. The highest BCUT2D eigenvalue weighted by Gasteiger charge is 2.15. The second kappa shape index (κ2) is 5.92. The Morgan fingerprint density at radius 2 is 1.88 bits per heavy atom. The topological polar surface area (TPSA) is 38.3 Å². The highest BCUT2D eigenvalue weighted by molar-refractivity contribution is 6.30. The van der Waals surface area contributed by atoms with Crippen molar-refractivity contribution in [2.45, 2.75) is 32.8 Å². The lowest BCUT2D eigenvalue weighted by Gasteiger charge is -2.19. The fourth-order valence-electron chi connectivity index (χ4n) is 1.27. The molecule has 0 heterocycles. The highest BCUT2D eigenvalue weighted by atomic mass is 35.5. The molecular weight excluding hydrogens is 238 g/mol. The van der Waals surface area contributed by atoms with E-state index in [-0.39, 0.29) is 6.09 Å². The summed E-state index contributed by atoms with van der Waals surface area (Å²) in [5.74, 6) is 0. The van der Waals surface area contributed by atoms with E-state index < -0.39 is 5.60 Å². The molecule has 1 rings (SSSR count). The van der Waals surface area contributed by atoms with Crippen LogP contribution in [0.3, 0.4) is 0 Å². The minimum absolute atomic E-state index is 0.383. The van der Waals surface area contributed by atoms with Gasteiger partial charge in [0.2, 0.25) is 0 Å². The summed E-state index contributed by atoms with van der Waals surface area (Å²) in [5.41, 5.74) is 0.676. The number of alkyl carbamates (subject to hydrolysis) is 1. The normalized spacial score (nSPS) is 11.1. The molecule has 0 aromatic heterocycles. The fourth-order valence-corrected chi connectivity index (χ4v) is 1.40. The van der Waals surface area contributed by atoms with Crippen molar-refractivity contribution in [1.29, 1.82) is 0 Å². The maximum Gasteiger partial charge on any atom is 0.407 e. The number of carbonyl (C=O) groups is 1. The Kier molecular flexibility index (Phi) is 4.82. The highest BCUT2D eigenvalue weighted by Crippen LogP contribution is 2.10. The molecule has 0 atom stereocenters. The molecule has 17 heavy (non-hydrogen) atoms. The Bertz CT molecular complexity index is 368. The van der Waals surface area contributed by atoms with Crippen LogP contribution in [0.15, 0.2) is 24.3 Å². The lowest BCUT2D eigenvalue weighted by atomic mass is 10.1. The first-order valence-corrected chi connectivity index (χ1v) is 5.96. The molecule has 1 aromatic carbocycles. The van der Waals surface area contributed by atoms with Gasteiger partial charge in [0.25, 0.3) is 0 Å². The van der Waals surface area contributed by atoms with E-state index in [0.717, 1.165) is 12.0 Å². The Balaban J connectivity index is 2.28. The number of nitrogens with one attached hydrogen (secondary N) is 1. The third-order valence-corrected chi connectivity index (χ3v) is 2.25. The third kappa shape index (κ3) is 6.17. The van der Waals surface area contributed by atoms with Crippen molar-refractivity contribution in [3.8, 4) is 0 Å². The van der Waals surface area contributed by atoms with E-state index in [2.05, 4.69) is 5.32 Å². The molecule has 94 valence electrons. The number of hydrogen-bond acceptors (Lipinski definition) is 2. The van der Waals surface area contributed by atoms with Crippen LogP contribution in [0.4, 0.5) is 4.79 Å². The maximum atomic E-state index is 11.3. The van der Waals surface area contributed by atoms with E-state index in [1.807, 2.05) is 45.0 Å². The lowest BCUT2D eigenvalue weighted by molar-refractivity contribution is 0.0528. The molecule has 0 spiro atoms. The van der Waals surface area contributed by atoms with Crippen molar-refractivity contribution in [3.05, 3.63) is 34.9 Å². The summed E-state index contributed by atoms with van der Waals surface area (Å²) in [6, 6.07) is 7.56. The third-order valence-electron chi connectivity index (χ3n) is 2.00. The largest absolute Gasteiger partial charge is 0.444 e. The SMILES string of the molecule is CC(C)(C)OC(=O)NCCc1ccc(Cl)cc1. The van der Waals surface area contributed by atoms with Crippen LogP contribution in [-0.4, -0.2) is 18.2 Å². The summed E-state index contributed by atoms with van der Waals surface area (Å²) < 4.78 is 5.12. The van der Waals surface area contributed by atoms with E-state index >= 15 is 0 Å². The number of carbonyl (C=O) groups excluding carboxylic acids is 1. The number of amides is 1. The summed E-state index contributed by atoms with van der Waals surface area (Å²) in [6.45, 7) is 6.07. The van der Waals surface area contributed by atoms with Gasteiger partial charge >= 0.3 is 6.09 Å². The molecule has 0 aliphatic rings. The average Bonchev–Trinajstić information content (AvgIpc) is 2.18. The monoisotopic (exact) mass is 255 g/mol. The van der Waals surface area contributed by atoms with Crippen LogP contribution >= 0.6 is 11.6 Å². The Morgan fingerprint density at radius 3 is 2.41 bits per heavy atom. The van der Waals surface area contributed by atoms with Gasteiger partial charge in [0.05, 0.1) is 0 Å². The predicted molar refractivity (Wildman–Crippen MR) is 69.4 cm³/mol. The molecule has 0 radical (unpaired) electrons. The number of rotatable bonds is 3. The standard InChI is InChI=1S/C13H18ClNO2/c1-13(2,3)17-12(16)15-9-8-10-4-6-11(14)7-5-10/h4-7H,8-9H2,1-3H3,(H,15,16). The first-order valence-electron chi connectivity index (χ1n) is 5.58. The second-order valence-electron chi connectivity index (χ2n) is 4.81. The van der Waals surface area contributed by atoms with Crippen molar-refractivity contribution in [3.63, 3.8) is 0 Å². The molecule has 3 nitrogen and oxygen atoms in total. The molecule has 1 amide bonds. The molecule has 0 saturated carbocycles. The van der Waals surface area contributed by atoms with Crippen LogP contribution < -0.4 is 5.32 Å². The van der Waals surface area contributed by atoms with Crippen molar-refractivity contribution in [1.82, 2.24) is 5.32 Å². The number of hydrogen-bond donors (Lipinski definition) is 1. The van der Waals surface area contributed by atoms with Gasteiger partial charge in [-0.1, -0.05) is 23.7 Å². The average molecular weight is 256 g/mol. The summed E-state index contributed by atoms with van der Waals surface area (Å²) in [5, 5.41) is 3.42. The van der Waals surface area contributed by atoms with Crippen LogP contribution in [-0.2, 0) is 11.2 Å². The minimum Gasteiger partial charge on any atom is -0.444 e. The van der Waals surface area contributed by atoms with Crippen molar-refractivity contribution < 1.29 is 9.53 Å². The first-order chi connectivity index (χ1) is 7.87. The lowest BCUT2D eigenvalue weighted by Crippen LogP contribution is -2.33. The van der Waals surface area contributed by atoms with E-state index in [9.17, 15) is 4.79 Å². The van der Waals surface area contributed by atoms with Gasteiger partial charge in [-0.15, -0.1) is 0 Å². The van der Waals surface area contributed by atoms with Gasteiger partial charge in [0, 0.05) is 11.6 Å². The Hall–Kier alpha value is -1.22. The van der Waals surface area contributed by atoms with Gasteiger partial charge in [-0.3, -0.25) is 0 Å². The van der Waals surface area contributed by atoms with Crippen molar-refractivity contribution in [2.75, 3.05) is 6.54 Å². The van der Waals surface area contributed by atoms with Crippen LogP contribution in [0.2, 0.25) is 5.02 Å². The molecule has 0 aliphatic carbocycles. The van der Waals surface area contributed by atoms with Gasteiger partial charge in [-0.05, 0) is 44.9 Å². The zero-order chi connectivity index (χ0) is 12.9. The minimum atomic E-state index is -0.454. The summed E-state index contributed by atoms with van der Waals surface area (Å²) in [6.07, 6.45) is 0.377. The second-order valence-corrected chi connectivity index (χ2v) is 5.24. The van der Waals surface area contributed by atoms with Crippen molar-refractivity contribution in [2.24, 2.45) is 0 Å². The van der Waals surface area contributed by atoms with Crippen LogP contribution in [0, 0.1) is 0 Å². The van der Waals surface area contributed by atoms with E-state index in [1.165, 1.54) is 0 Å². The van der Waals surface area contributed by atoms with Gasteiger partial charge in [-0.25, -0.2) is 4.79 Å². The molecule has 0 saturated heterocycles. The summed E-state index contributed by atoms with van der Waals surface area (Å²) in [7, 11) is 0. The number of halogens is 1.